The normalized spacial score (nSPS) is 10.8. The summed E-state index contributed by atoms with van der Waals surface area (Å²) in [7, 11) is 1.33. The van der Waals surface area contributed by atoms with E-state index in [1.807, 2.05) is 42.5 Å². The third-order valence-corrected chi connectivity index (χ3v) is 3.81. The standard InChI is InChI=1S/C21H17NO3/c1-25-21(24)17-9-12-18(13-10-17)22-20(23)14-11-16-7-4-6-15-5-2-3-8-19(15)16/h2-14H,1H3,(H,22,23). The van der Waals surface area contributed by atoms with Crippen LogP contribution in [0.4, 0.5) is 5.69 Å². The first kappa shape index (κ1) is 16.5. The van der Waals surface area contributed by atoms with Crippen molar-refractivity contribution in [1.82, 2.24) is 0 Å². The molecule has 0 aliphatic heterocycles. The molecule has 0 bridgehead atoms. The van der Waals surface area contributed by atoms with Gasteiger partial charge in [0.2, 0.25) is 5.91 Å². The molecule has 0 unspecified atom stereocenters. The minimum atomic E-state index is -0.409. The molecule has 0 heterocycles. The molecule has 0 aromatic heterocycles. The predicted molar refractivity (Wildman–Crippen MR) is 99.4 cm³/mol. The molecule has 0 saturated heterocycles. The van der Waals surface area contributed by atoms with Crippen molar-refractivity contribution in [3.05, 3.63) is 83.9 Å². The second kappa shape index (κ2) is 7.45. The zero-order chi connectivity index (χ0) is 17.6. The lowest BCUT2D eigenvalue weighted by molar-refractivity contribution is -0.111. The summed E-state index contributed by atoms with van der Waals surface area (Å²) in [6.45, 7) is 0. The Balaban J connectivity index is 1.71. The molecule has 3 aromatic carbocycles. The van der Waals surface area contributed by atoms with E-state index in [0.717, 1.165) is 16.3 Å². The van der Waals surface area contributed by atoms with Crippen molar-refractivity contribution in [2.75, 3.05) is 12.4 Å². The molecule has 0 spiro atoms. The van der Waals surface area contributed by atoms with Crippen LogP contribution in [0.3, 0.4) is 0 Å². The number of hydrogen-bond donors (Lipinski definition) is 1. The first-order valence-corrected chi connectivity index (χ1v) is 7.82. The second-order valence-corrected chi connectivity index (χ2v) is 5.46. The van der Waals surface area contributed by atoms with Crippen molar-refractivity contribution >= 4 is 34.4 Å². The molecular formula is C21H17NO3. The van der Waals surface area contributed by atoms with Crippen LogP contribution in [0, 0.1) is 0 Å². The van der Waals surface area contributed by atoms with Gasteiger partial charge in [0.15, 0.2) is 0 Å². The lowest BCUT2D eigenvalue weighted by Crippen LogP contribution is -2.08. The molecule has 25 heavy (non-hydrogen) atoms. The number of nitrogens with one attached hydrogen (secondary N) is 1. The van der Waals surface area contributed by atoms with Crippen molar-refractivity contribution in [1.29, 1.82) is 0 Å². The number of carbonyl (C=O) groups is 2. The summed E-state index contributed by atoms with van der Waals surface area (Å²) in [5.41, 5.74) is 2.03. The summed E-state index contributed by atoms with van der Waals surface area (Å²) >= 11 is 0. The summed E-state index contributed by atoms with van der Waals surface area (Å²) in [5.74, 6) is -0.646. The van der Waals surface area contributed by atoms with Gasteiger partial charge in [-0.2, -0.15) is 0 Å². The summed E-state index contributed by atoms with van der Waals surface area (Å²) < 4.78 is 4.64. The van der Waals surface area contributed by atoms with Gasteiger partial charge in [0.25, 0.3) is 0 Å². The Morgan fingerprint density at radius 3 is 2.40 bits per heavy atom. The van der Waals surface area contributed by atoms with E-state index in [0.29, 0.717) is 11.3 Å². The number of benzene rings is 3. The molecule has 0 aliphatic carbocycles. The van der Waals surface area contributed by atoms with E-state index in [2.05, 4.69) is 10.1 Å². The Morgan fingerprint density at radius 1 is 0.920 bits per heavy atom. The van der Waals surface area contributed by atoms with E-state index >= 15 is 0 Å². The molecule has 0 aliphatic rings. The average molecular weight is 331 g/mol. The zero-order valence-corrected chi connectivity index (χ0v) is 13.7. The fraction of sp³-hybridized carbons (Fsp3) is 0.0476. The monoisotopic (exact) mass is 331 g/mol. The van der Waals surface area contributed by atoms with Crippen LogP contribution in [0.5, 0.6) is 0 Å². The van der Waals surface area contributed by atoms with Gasteiger partial charge in [0.1, 0.15) is 0 Å². The van der Waals surface area contributed by atoms with Crippen LogP contribution in [0.15, 0.2) is 72.8 Å². The second-order valence-electron chi connectivity index (χ2n) is 5.46. The number of anilines is 1. The van der Waals surface area contributed by atoms with Crippen molar-refractivity contribution in [2.24, 2.45) is 0 Å². The number of rotatable bonds is 4. The van der Waals surface area contributed by atoms with E-state index in [-0.39, 0.29) is 5.91 Å². The molecule has 0 fully saturated rings. The molecule has 0 saturated carbocycles. The zero-order valence-electron chi connectivity index (χ0n) is 13.7. The highest BCUT2D eigenvalue weighted by molar-refractivity contribution is 6.03. The molecular weight excluding hydrogens is 314 g/mol. The smallest absolute Gasteiger partial charge is 0.337 e. The average Bonchev–Trinajstić information content (AvgIpc) is 2.66. The third-order valence-electron chi connectivity index (χ3n) is 3.81. The number of ether oxygens (including phenoxy) is 1. The number of methoxy groups -OCH3 is 1. The maximum atomic E-state index is 12.1. The molecule has 4 heteroatoms. The molecule has 0 atom stereocenters. The SMILES string of the molecule is COC(=O)c1ccc(NC(=O)C=Cc2cccc3ccccc23)cc1. The van der Waals surface area contributed by atoms with Crippen LogP contribution in [0.25, 0.3) is 16.8 Å². The summed E-state index contributed by atoms with van der Waals surface area (Å²) in [6.07, 6.45) is 3.29. The van der Waals surface area contributed by atoms with E-state index in [1.165, 1.54) is 13.2 Å². The molecule has 0 radical (unpaired) electrons. The van der Waals surface area contributed by atoms with Gasteiger partial charge in [0.05, 0.1) is 12.7 Å². The topological polar surface area (TPSA) is 55.4 Å². The minimum Gasteiger partial charge on any atom is -0.465 e. The van der Waals surface area contributed by atoms with Gasteiger partial charge in [-0.25, -0.2) is 4.79 Å². The van der Waals surface area contributed by atoms with Gasteiger partial charge in [-0.15, -0.1) is 0 Å². The number of amides is 1. The van der Waals surface area contributed by atoms with Gasteiger partial charge in [-0.1, -0.05) is 42.5 Å². The number of fused-ring (bicyclic) bond motifs is 1. The van der Waals surface area contributed by atoms with Crippen LogP contribution >= 0.6 is 0 Å². The Labute approximate surface area is 145 Å². The molecule has 1 amide bonds. The first-order chi connectivity index (χ1) is 12.2. The Morgan fingerprint density at radius 2 is 1.64 bits per heavy atom. The van der Waals surface area contributed by atoms with Crippen LogP contribution in [0.1, 0.15) is 15.9 Å². The van der Waals surface area contributed by atoms with Crippen LogP contribution < -0.4 is 5.32 Å². The van der Waals surface area contributed by atoms with Crippen molar-refractivity contribution in [3.63, 3.8) is 0 Å². The Kier molecular flexibility index (Phi) is 4.90. The highest BCUT2D eigenvalue weighted by Gasteiger charge is 2.05. The molecule has 4 nitrogen and oxygen atoms in total. The summed E-state index contributed by atoms with van der Waals surface area (Å²) in [5, 5.41) is 4.99. The fourth-order valence-corrected chi connectivity index (χ4v) is 2.55. The van der Waals surface area contributed by atoms with Crippen LogP contribution in [0.2, 0.25) is 0 Å². The van der Waals surface area contributed by atoms with E-state index in [1.54, 1.807) is 30.3 Å². The highest BCUT2D eigenvalue weighted by Crippen LogP contribution is 2.19. The molecule has 3 rings (SSSR count). The van der Waals surface area contributed by atoms with Gasteiger partial charge >= 0.3 is 5.97 Å². The largest absolute Gasteiger partial charge is 0.465 e. The maximum Gasteiger partial charge on any atom is 0.337 e. The van der Waals surface area contributed by atoms with Crippen LogP contribution in [-0.4, -0.2) is 19.0 Å². The fourth-order valence-electron chi connectivity index (χ4n) is 2.55. The number of hydrogen-bond acceptors (Lipinski definition) is 3. The number of carbonyl (C=O) groups excluding carboxylic acids is 2. The highest BCUT2D eigenvalue weighted by atomic mass is 16.5. The Bertz CT molecular complexity index is 938. The molecule has 1 N–H and O–H groups in total. The van der Waals surface area contributed by atoms with Gasteiger partial charge in [-0.05, 0) is 46.7 Å². The van der Waals surface area contributed by atoms with Gasteiger partial charge in [0, 0.05) is 11.8 Å². The Hall–Kier alpha value is -3.40. The van der Waals surface area contributed by atoms with Gasteiger partial charge < -0.3 is 10.1 Å². The summed E-state index contributed by atoms with van der Waals surface area (Å²) in [6, 6.07) is 20.5. The summed E-state index contributed by atoms with van der Waals surface area (Å²) in [4.78, 5) is 23.5. The van der Waals surface area contributed by atoms with Gasteiger partial charge in [-0.3, -0.25) is 4.79 Å². The van der Waals surface area contributed by atoms with Crippen molar-refractivity contribution < 1.29 is 14.3 Å². The van der Waals surface area contributed by atoms with E-state index in [4.69, 9.17) is 0 Å². The maximum absolute atomic E-state index is 12.1. The molecule has 3 aromatic rings. The van der Waals surface area contributed by atoms with E-state index in [9.17, 15) is 9.59 Å². The first-order valence-electron chi connectivity index (χ1n) is 7.82. The lowest BCUT2D eigenvalue weighted by atomic mass is 10.0. The van der Waals surface area contributed by atoms with Crippen molar-refractivity contribution in [2.45, 2.75) is 0 Å². The van der Waals surface area contributed by atoms with Crippen LogP contribution in [-0.2, 0) is 9.53 Å². The van der Waals surface area contributed by atoms with E-state index < -0.39 is 5.97 Å². The number of esters is 1. The molecule has 124 valence electrons. The quantitative estimate of drug-likeness (QED) is 0.573. The lowest BCUT2D eigenvalue weighted by Gasteiger charge is -2.04. The predicted octanol–water partition coefficient (Wildman–Crippen LogP) is 4.28. The minimum absolute atomic E-state index is 0.237. The third kappa shape index (κ3) is 3.93. The van der Waals surface area contributed by atoms with Crippen molar-refractivity contribution in [3.8, 4) is 0 Å².